The smallest absolute Gasteiger partial charge is 0.285 e. The maximum atomic E-state index is 11.6. The Labute approximate surface area is 104 Å². The summed E-state index contributed by atoms with van der Waals surface area (Å²) in [7, 11) is 2.75. The van der Waals surface area contributed by atoms with Crippen LogP contribution < -0.4 is 0 Å². The van der Waals surface area contributed by atoms with E-state index in [1.54, 1.807) is 0 Å². The Balaban J connectivity index is 3.08. The molecule has 0 saturated carbocycles. The van der Waals surface area contributed by atoms with E-state index in [4.69, 9.17) is 34.8 Å². The van der Waals surface area contributed by atoms with Gasteiger partial charge in [0.05, 0.1) is 0 Å². The third-order valence-corrected chi connectivity index (χ3v) is 5.22. The lowest BCUT2D eigenvalue weighted by atomic mass is 10.7. The van der Waals surface area contributed by atoms with Crippen molar-refractivity contribution in [3.8, 4) is 0 Å². The lowest BCUT2D eigenvalue weighted by molar-refractivity contribution is 0.168. The van der Waals surface area contributed by atoms with E-state index in [2.05, 4.69) is 0 Å². The molecule has 0 aliphatic carbocycles. The highest BCUT2D eigenvalue weighted by Crippen LogP contribution is 2.63. The average Bonchev–Trinajstić information content (AvgIpc) is 2.09. The van der Waals surface area contributed by atoms with Crippen molar-refractivity contribution < 1.29 is 9.59 Å². The Morgan fingerprint density at radius 2 is 1.33 bits per heavy atom. The molecule has 0 aromatic carbocycles. The van der Waals surface area contributed by atoms with Crippen molar-refractivity contribution in [2.45, 2.75) is 3.53 Å². The molecule has 0 N–H and O–H groups in total. The van der Waals surface area contributed by atoms with Crippen LogP contribution in [0.4, 0.5) is 9.59 Å². The first-order chi connectivity index (χ1) is 6.68. The average molecular weight is 292 g/mol. The predicted octanol–water partition coefficient (Wildman–Crippen LogP) is 2.68. The molecule has 0 spiro atoms. The molecule has 0 aromatic heterocycles. The van der Waals surface area contributed by atoms with Gasteiger partial charge in [-0.05, 0) is 0 Å². The van der Waals surface area contributed by atoms with E-state index in [-0.39, 0.29) is 0 Å². The highest BCUT2D eigenvalue weighted by molar-refractivity contribution is 7.63. The van der Waals surface area contributed by atoms with E-state index in [0.29, 0.717) is 0 Å². The summed E-state index contributed by atoms with van der Waals surface area (Å²) in [4.78, 5) is 24.1. The third kappa shape index (κ3) is 2.26. The summed E-state index contributed by atoms with van der Waals surface area (Å²) in [6.07, 6.45) is 0. The van der Waals surface area contributed by atoms with Crippen LogP contribution in [0.1, 0.15) is 0 Å². The van der Waals surface area contributed by atoms with Crippen molar-refractivity contribution in [1.82, 2.24) is 14.2 Å². The normalized spacial score (nSPS) is 20.3. The van der Waals surface area contributed by atoms with Gasteiger partial charge < -0.3 is 0 Å². The van der Waals surface area contributed by atoms with Crippen LogP contribution in [0.3, 0.4) is 0 Å². The summed E-state index contributed by atoms with van der Waals surface area (Å²) < 4.78 is 0.860. The Hall–Kier alpha value is 0.0400. The number of alkyl halides is 3. The Morgan fingerprint density at radius 1 is 1.00 bits per heavy atom. The van der Waals surface area contributed by atoms with Gasteiger partial charge in [0, 0.05) is 21.1 Å². The number of halogens is 3. The monoisotopic (exact) mass is 291 g/mol. The van der Waals surface area contributed by atoms with Crippen molar-refractivity contribution in [2.75, 3.05) is 21.1 Å². The number of urea groups is 2. The number of carbonyl (C=O) groups is 2. The third-order valence-electron chi connectivity index (χ3n) is 1.92. The van der Waals surface area contributed by atoms with Crippen LogP contribution in [0, 0.1) is 0 Å². The van der Waals surface area contributed by atoms with Crippen LogP contribution in [-0.4, -0.2) is 51.0 Å². The largest absolute Gasteiger partial charge is 0.332 e. The highest BCUT2D eigenvalue weighted by Gasteiger charge is 2.49. The maximum Gasteiger partial charge on any atom is 0.332 e. The van der Waals surface area contributed by atoms with Gasteiger partial charge in [-0.2, -0.15) is 0 Å². The first kappa shape index (κ1) is 13.1. The molecule has 1 saturated heterocycles. The standard InChI is InChI=1S/C6H9Cl3N3O2P/c1-10-4(13)11(2)15(6(7,8)9)12(3)5(10)14/h1-3H3. The zero-order valence-corrected chi connectivity index (χ0v) is 11.4. The second kappa shape index (κ2) is 4.13. The number of imide groups is 1. The molecule has 0 atom stereocenters. The van der Waals surface area contributed by atoms with E-state index in [1.807, 2.05) is 0 Å². The molecule has 0 aromatic rings. The summed E-state index contributed by atoms with van der Waals surface area (Å²) >= 11 is 17.2. The maximum absolute atomic E-state index is 11.6. The van der Waals surface area contributed by atoms with E-state index in [0.717, 1.165) is 4.90 Å². The second-order valence-corrected chi connectivity index (χ2v) is 8.45. The molecule has 1 heterocycles. The number of hydrogen-bond acceptors (Lipinski definition) is 2. The zero-order valence-electron chi connectivity index (χ0n) is 8.24. The minimum absolute atomic E-state index is 0.476. The minimum atomic E-state index is -1.68. The van der Waals surface area contributed by atoms with Crippen LogP contribution in [0.2, 0.25) is 0 Å². The molecule has 4 amide bonds. The quantitative estimate of drug-likeness (QED) is 0.509. The number of nitrogens with zero attached hydrogens (tertiary/aromatic N) is 3. The lowest BCUT2D eigenvalue weighted by Crippen LogP contribution is -2.53. The van der Waals surface area contributed by atoms with Crippen LogP contribution >= 0.6 is 43.0 Å². The van der Waals surface area contributed by atoms with Gasteiger partial charge in [0.1, 0.15) is 0 Å². The van der Waals surface area contributed by atoms with E-state index in [9.17, 15) is 9.59 Å². The Bertz CT molecular complexity index is 286. The van der Waals surface area contributed by atoms with Gasteiger partial charge in [-0.3, -0.25) is 9.34 Å². The fraction of sp³-hybridized carbons (Fsp3) is 0.667. The van der Waals surface area contributed by atoms with Crippen LogP contribution in [0.5, 0.6) is 0 Å². The predicted molar refractivity (Wildman–Crippen MR) is 61.3 cm³/mol. The fourth-order valence-electron chi connectivity index (χ4n) is 1.22. The van der Waals surface area contributed by atoms with E-state index < -0.39 is 23.8 Å². The molecule has 86 valence electrons. The van der Waals surface area contributed by atoms with Gasteiger partial charge in [-0.1, -0.05) is 34.8 Å². The number of rotatable bonds is 0. The highest BCUT2D eigenvalue weighted by atomic mass is 35.6. The molecule has 0 radical (unpaired) electrons. The summed E-state index contributed by atoms with van der Waals surface area (Å²) in [5.74, 6) is 0. The second-order valence-electron chi connectivity index (χ2n) is 2.93. The molecule has 1 aliphatic heterocycles. The number of amides is 4. The number of carbonyl (C=O) groups excluding carboxylic acids is 2. The molecule has 9 heteroatoms. The van der Waals surface area contributed by atoms with Crippen LogP contribution in [0.25, 0.3) is 0 Å². The first-order valence-corrected chi connectivity index (χ1v) is 6.22. The Morgan fingerprint density at radius 3 is 1.60 bits per heavy atom. The molecule has 0 unspecified atom stereocenters. The molecule has 15 heavy (non-hydrogen) atoms. The molecular formula is C6H9Cl3N3O2P. The lowest BCUT2D eigenvalue weighted by Gasteiger charge is -2.44. The summed E-state index contributed by atoms with van der Waals surface area (Å²) in [6, 6.07) is -0.953. The van der Waals surface area contributed by atoms with Gasteiger partial charge >= 0.3 is 12.1 Å². The Kier molecular flexibility index (Phi) is 3.61. The van der Waals surface area contributed by atoms with E-state index >= 15 is 0 Å². The summed E-state index contributed by atoms with van der Waals surface area (Å²) in [5.41, 5.74) is 0. The molecule has 1 fully saturated rings. The van der Waals surface area contributed by atoms with Crippen molar-refractivity contribution >= 4 is 55.1 Å². The van der Waals surface area contributed by atoms with Crippen LogP contribution in [-0.2, 0) is 0 Å². The summed E-state index contributed by atoms with van der Waals surface area (Å²) in [5, 5.41) is 0. The molecular weight excluding hydrogens is 283 g/mol. The fourth-order valence-corrected chi connectivity index (χ4v) is 4.94. The first-order valence-electron chi connectivity index (χ1n) is 3.83. The van der Waals surface area contributed by atoms with Crippen molar-refractivity contribution in [1.29, 1.82) is 0 Å². The molecule has 5 nitrogen and oxygen atoms in total. The van der Waals surface area contributed by atoms with Gasteiger partial charge in [-0.25, -0.2) is 14.5 Å². The molecule has 1 aliphatic rings. The van der Waals surface area contributed by atoms with Gasteiger partial charge in [-0.15, -0.1) is 0 Å². The van der Waals surface area contributed by atoms with Gasteiger partial charge in [0.15, 0.2) is 8.22 Å². The molecule has 1 rings (SSSR count). The summed E-state index contributed by atoms with van der Waals surface area (Å²) in [6.45, 7) is 0. The SMILES string of the molecule is CN1C(=O)N(C)P(C(Cl)(Cl)Cl)N(C)C1=O. The van der Waals surface area contributed by atoms with E-state index in [1.165, 1.54) is 30.5 Å². The zero-order chi connectivity index (χ0) is 12.0. The minimum Gasteiger partial charge on any atom is -0.285 e. The van der Waals surface area contributed by atoms with Crippen molar-refractivity contribution in [3.63, 3.8) is 0 Å². The van der Waals surface area contributed by atoms with Gasteiger partial charge in [0.2, 0.25) is 3.53 Å². The van der Waals surface area contributed by atoms with Crippen LogP contribution in [0.15, 0.2) is 0 Å². The topological polar surface area (TPSA) is 43.9 Å². The van der Waals surface area contributed by atoms with Crippen molar-refractivity contribution in [2.24, 2.45) is 0 Å². The van der Waals surface area contributed by atoms with Gasteiger partial charge in [0.25, 0.3) is 0 Å². The van der Waals surface area contributed by atoms with Crippen molar-refractivity contribution in [3.05, 3.63) is 0 Å². The molecule has 0 bridgehead atoms. The number of hydrogen-bond donors (Lipinski definition) is 0.